The van der Waals surface area contributed by atoms with Crippen LogP contribution >= 0.6 is 0 Å². The predicted molar refractivity (Wildman–Crippen MR) is 74.9 cm³/mol. The Labute approximate surface area is 118 Å². The van der Waals surface area contributed by atoms with Gasteiger partial charge in [0.15, 0.2) is 0 Å². The smallest absolute Gasteiger partial charge is 0.246 e. The SMILES string of the molecule is NC(=O)C1CC(NC(=O)CCc2ccccc2)CCO1. The number of hydrogen-bond donors (Lipinski definition) is 2. The minimum absolute atomic E-state index is 0.00368. The summed E-state index contributed by atoms with van der Waals surface area (Å²) in [5, 5.41) is 2.95. The number of benzene rings is 1. The molecule has 1 fully saturated rings. The number of rotatable bonds is 5. The average Bonchev–Trinajstić information content (AvgIpc) is 2.46. The van der Waals surface area contributed by atoms with Gasteiger partial charge in [-0.1, -0.05) is 30.3 Å². The van der Waals surface area contributed by atoms with Crippen molar-refractivity contribution in [2.75, 3.05) is 6.61 Å². The Balaban J connectivity index is 1.75. The van der Waals surface area contributed by atoms with Crippen molar-refractivity contribution in [2.24, 2.45) is 5.73 Å². The Hall–Kier alpha value is -1.88. The highest BCUT2D eigenvalue weighted by Crippen LogP contribution is 2.14. The highest BCUT2D eigenvalue weighted by Gasteiger charge is 2.27. The topological polar surface area (TPSA) is 81.4 Å². The fourth-order valence-corrected chi connectivity index (χ4v) is 2.33. The first-order chi connectivity index (χ1) is 9.65. The lowest BCUT2D eigenvalue weighted by molar-refractivity contribution is -0.134. The third kappa shape index (κ3) is 4.35. The Morgan fingerprint density at radius 3 is 2.75 bits per heavy atom. The van der Waals surface area contributed by atoms with Crippen LogP contribution in [0, 0.1) is 0 Å². The van der Waals surface area contributed by atoms with Gasteiger partial charge in [-0.05, 0) is 18.4 Å². The maximum atomic E-state index is 11.9. The molecule has 1 aliphatic heterocycles. The van der Waals surface area contributed by atoms with E-state index < -0.39 is 12.0 Å². The summed E-state index contributed by atoms with van der Waals surface area (Å²) in [6, 6.07) is 9.86. The molecule has 1 aliphatic rings. The fraction of sp³-hybridized carbons (Fsp3) is 0.467. The average molecular weight is 276 g/mol. The van der Waals surface area contributed by atoms with Crippen molar-refractivity contribution in [3.05, 3.63) is 35.9 Å². The van der Waals surface area contributed by atoms with E-state index in [0.29, 0.717) is 19.4 Å². The summed E-state index contributed by atoms with van der Waals surface area (Å²) in [4.78, 5) is 23.0. The van der Waals surface area contributed by atoms with Crippen LogP contribution < -0.4 is 11.1 Å². The van der Waals surface area contributed by atoms with Gasteiger partial charge in [-0.3, -0.25) is 9.59 Å². The largest absolute Gasteiger partial charge is 0.368 e. The van der Waals surface area contributed by atoms with Crippen molar-refractivity contribution < 1.29 is 14.3 Å². The molecule has 2 atom stereocenters. The minimum Gasteiger partial charge on any atom is -0.368 e. The Bertz CT molecular complexity index is 461. The highest BCUT2D eigenvalue weighted by atomic mass is 16.5. The molecule has 0 aliphatic carbocycles. The number of ether oxygens (including phenoxy) is 1. The van der Waals surface area contributed by atoms with Crippen LogP contribution in [0.2, 0.25) is 0 Å². The van der Waals surface area contributed by atoms with Gasteiger partial charge in [-0.15, -0.1) is 0 Å². The standard InChI is InChI=1S/C15H20N2O3/c16-15(19)13-10-12(8-9-20-13)17-14(18)7-6-11-4-2-1-3-5-11/h1-5,12-13H,6-10H2,(H2,16,19)(H,17,18). The molecule has 0 radical (unpaired) electrons. The summed E-state index contributed by atoms with van der Waals surface area (Å²) in [7, 11) is 0. The maximum absolute atomic E-state index is 11.9. The minimum atomic E-state index is -0.580. The summed E-state index contributed by atoms with van der Waals surface area (Å²) >= 11 is 0. The van der Waals surface area contributed by atoms with E-state index in [1.54, 1.807) is 0 Å². The number of nitrogens with two attached hydrogens (primary N) is 1. The molecular weight excluding hydrogens is 256 g/mol. The Kier molecular flexibility index (Phi) is 5.12. The monoisotopic (exact) mass is 276 g/mol. The molecule has 2 rings (SSSR count). The van der Waals surface area contributed by atoms with Crippen molar-refractivity contribution >= 4 is 11.8 Å². The molecule has 0 saturated carbocycles. The van der Waals surface area contributed by atoms with Crippen LogP contribution in [-0.2, 0) is 20.7 Å². The van der Waals surface area contributed by atoms with Crippen molar-refractivity contribution in [3.63, 3.8) is 0 Å². The van der Waals surface area contributed by atoms with Gasteiger partial charge in [0.2, 0.25) is 11.8 Å². The van der Waals surface area contributed by atoms with E-state index in [-0.39, 0.29) is 11.9 Å². The molecule has 1 aromatic carbocycles. The predicted octanol–water partition coefficient (Wildman–Crippen LogP) is 0.768. The van der Waals surface area contributed by atoms with Crippen LogP contribution in [-0.4, -0.2) is 30.6 Å². The van der Waals surface area contributed by atoms with E-state index in [9.17, 15) is 9.59 Å². The van der Waals surface area contributed by atoms with Crippen molar-refractivity contribution in [1.29, 1.82) is 0 Å². The molecule has 0 aromatic heterocycles. The summed E-state index contributed by atoms with van der Waals surface area (Å²) in [5.74, 6) is -0.461. The lowest BCUT2D eigenvalue weighted by atomic mass is 10.0. The lowest BCUT2D eigenvalue weighted by Crippen LogP contribution is -2.46. The van der Waals surface area contributed by atoms with Gasteiger partial charge >= 0.3 is 0 Å². The van der Waals surface area contributed by atoms with Gasteiger partial charge in [-0.2, -0.15) is 0 Å². The van der Waals surface area contributed by atoms with E-state index in [4.69, 9.17) is 10.5 Å². The number of carbonyl (C=O) groups excluding carboxylic acids is 2. The molecule has 2 amide bonds. The van der Waals surface area contributed by atoms with E-state index in [1.807, 2.05) is 30.3 Å². The number of nitrogens with one attached hydrogen (secondary N) is 1. The number of primary amides is 1. The molecule has 3 N–H and O–H groups in total. The summed E-state index contributed by atoms with van der Waals surface area (Å²) in [6.07, 6.45) is 1.77. The van der Waals surface area contributed by atoms with Crippen LogP contribution in [0.25, 0.3) is 0 Å². The second-order valence-corrected chi connectivity index (χ2v) is 5.04. The maximum Gasteiger partial charge on any atom is 0.246 e. The van der Waals surface area contributed by atoms with Crippen LogP contribution in [0.15, 0.2) is 30.3 Å². The highest BCUT2D eigenvalue weighted by molar-refractivity contribution is 5.79. The zero-order valence-corrected chi connectivity index (χ0v) is 11.4. The Morgan fingerprint density at radius 1 is 1.30 bits per heavy atom. The second-order valence-electron chi connectivity index (χ2n) is 5.04. The first kappa shape index (κ1) is 14.5. The van der Waals surface area contributed by atoms with Gasteiger partial charge in [0.05, 0.1) is 0 Å². The van der Waals surface area contributed by atoms with E-state index >= 15 is 0 Å². The molecule has 0 bridgehead atoms. The first-order valence-corrected chi connectivity index (χ1v) is 6.89. The van der Waals surface area contributed by atoms with Crippen LogP contribution in [0.1, 0.15) is 24.8 Å². The quantitative estimate of drug-likeness (QED) is 0.833. The first-order valence-electron chi connectivity index (χ1n) is 6.89. The van der Waals surface area contributed by atoms with Gasteiger partial charge in [0.25, 0.3) is 0 Å². The molecule has 1 heterocycles. The molecule has 2 unspecified atom stereocenters. The number of amides is 2. The van der Waals surface area contributed by atoms with E-state index in [2.05, 4.69) is 5.32 Å². The van der Waals surface area contributed by atoms with Crippen molar-refractivity contribution in [3.8, 4) is 0 Å². The molecule has 20 heavy (non-hydrogen) atoms. The number of carbonyl (C=O) groups is 2. The summed E-state index contributed by atoms with van der Waals surface area (Å²) in [5.41, 5.74) is 6.36. The molecule has 0 spiro atoms. The van der Waals surface area contributed by atoms with Crippen molar-refractivity contribution in [1.82, 2.24) is 5.32 Å². The van der Waals surface area contributed by atoms with E-state index in [1.165, 1.54) is 0 Å². The molecule has 1 saturated heterocycles. The van der Waals surface area contributed by atoms with Gasteiger partial charge in [0.1, 0.15) is 6.10 Å². The molecular formula is C15H20N2O3. The van der Waals surface area contributed by atoms with Crippen molar-refractivity contribution in [2.45, 2.75) is 37.8 Å². The molecule has 5 heteroatoms. The zero-order valence-electron chi connectivity index (χ0n) is 11.4. The summed E-state index contributed by atoms with van der Waals surface area (Å²) < 4.78 is 5.25. The second kappa shape index (κ2) is 7.05. The lowest BCUT2D eigenvalue weighted by Gasteiger charge is -2.28. The zero-order chi connectivity index (χ0) is 14.4. The third-order valence-electron chi connectivity index (χ3n) is 3.45. The van der Waals surface area contributed by atoms with Gasteiger partial charge in [0, 0.05) is 25.5 Å². The fourth-order valence-electron chi connectivity index (χ4n) is 2.33. The molecule has 5 nitrogen and oxygen atoms in total. The number of hydrogen-bond acceptors (Lipinski definition) is 3. The van der Waals surface area contributed by atoms with Crippen LogP contribution in [0.3, 0.4) is 0 Å². The van der Waals surface area contributed by atoms with Gasteiger partial charge in [-0.25, -0.2) is 0 Å². The van der Waals surface area contributed by atoms with E-state index in [0.717, 1.165) is 18.4 Å². The summed E-state index contributed by atoms with van der Waals surface area (Å²) in [6.45, 7) is 0.456. The molecule has 108 valence electrons. The molecule has 1 aromatic rings. The Morgan fingerprint density at radius 2 is 2.05 bits per heavy atom. The van der Waals surface area contributed by atoms with Gasteiger partial charge < -0.3 is 15.8 Å². The number of aryl methyl sites for hydroxylation is 1. The van der Waals surface area contributed by atoms with Crippen LogP contribution in [0.5, 0.6) is 0 Å². The van der Waals surface area contributed by atoms with Crippen LogP contribution in [0.4, 0.5) is 0 Å². The normalized spacial score (nSPS) is 22.2. The third-order valence-corrected chi connectivity index (χ3v) is 3.45.